The summed E-state index contributed by atoms with van der Waals surface area (Å²) in [6.07, 6.45) is 0.290. The Bertz CT molecular complexity index is 750. The molecule has 3 aliphatic rings. The first-order chi connectivity index (χ1) is 12.0. The van der Waals surface area contributed by atoms with Crippen LogP contribution in [0.3, 0.4) is 0 Å². The minimum atomic E-state index is -0.403. The van der Waals surface area contributed by atoms with Gasteiger partial charge in [0.2, 0.25) is 11.8 Å². The molecule has 132 valence electrons. The van der Waals surface area contributed by atoms with Gasteiger partial charge in [-0.2, -0.15) is 0 Å². The molecular formula is C17H20N4O4. The predicted octanol–water partition coefficient (Wildman–Crippen LogP) is 0.562. The molecule has 0 unspecified atom stereocenters. The van der Waals surface area contributed by atoms with E-state index < -0.39 is 6.03 Å². The molecule has 0 spiro atoms. The highest BCUT2D eigenvalue weighted by molar-refractivity contribution is 6.05. The van der Waals surface area contributed by atoms with Crippen LogP contribution in [0, 0.1) is 0 Å². The van der Waals surface area contributed by atoms with Gasteiger partial charge >= 0.3 is 6.03 Å². The average Bonchev–Trinajstić information content (AvgIpc) is 2.60. The Morgan fingerprint density at radius 3 is 2.84 bits per heavy atom. The number of fused-ring (bicyclic) bond motifs is 3. The Kier molecular flexibility index (Phi) is 3.74. The highest BCUT2D eigenvalue weighted by Crippen LogP contribution is 2.38. The maximum Gasteiger partial charge on any atom is 0.328 e. The number of nitrogens with one attached hydrogen (secondary N) is 1. The van der Waals surface area contributed by atoms with Gasteiger partial charge in [0.05, 0.1) is 11.7 Å². The molecule has 2 saturated heterocycles. The van der Waals surface area contributed by atoms with E-state index in [1.54, 1.807) is 11.8 Å². The second-order valence-corrected chi connectivity index (χ2v) is 6.53. The van der Waals surface area contributed by atoms with Gasteiger partial charge in [-0.3, -0.25) is 19.8 Å². The van der Waals surface area contributed by atoms with E-state index in [2.05, 4.69) is 10.2 Å². The number of benzene rings is 1. The van der Waals surface area contributed by atoms with E-state index in [1.165, 1.54) is 0 Å². The van der Waals surface area contributed by atoms with E-state index >= 15 is 0 Å². The fourth-order valence-electron chi connectivity index (χ4n) is 3.62. The maximum absolute atomic E-state index is 12.0. The first-order valence-corrected chi connectivity index (χ1v) is 8.43. The lowest BCUT2D eigenvalue weighted by Gasteiger charge is -2.45. The van der Waals surface area contributed by atoms with Crippen LogP contribution >= 0.6 is 0 Å². The minimum Gasteiger partial charge on any atom is -0.489 e. The monoisotopic (exact) mass is 344 g/mol. The molecule has 0 aromatic heterocycles. The van der Waals surface area contributed by atoms with Gasteiger partial charge in [0.15, 0.2) is 0 Å². The third-order valence-electron chi connectivity index (χ3n) is 4.98. The average molecular weight is 344 g/mol. The lowest BCUT2D eigenvalue weighted by Crippen LogP contribution is -2.58. The maximum atomic E-state index is 12.0. The van der Waals surface area contributed by atoms with Gasteiger partial charge in [-0.1, -0.05) is 0 Å². The zero-order valence-electron chi connectivity index (χ0n) is 14.0. The molecule has 8 heteroatoms. The lowest BCUT2D eigenvalue weighted by molar-refractivity contribution is -0.129. The second-order valence-electron chi connectivity index (χ2n) is 6.53. The van der Waals surface area contributed by atoms with Gasteiger partial charge in [0.25, 0.3) is 0 Å². The SMILES string of the molecule is CC(=O)N1CCN2c3ccc(N4CCC(=O)NC4=O)cc3OC[C@@H]2C1. The van der Waals surface area contributed by atoms with Gasteiger partial charge in [-0.05, 0) is 12.1 Å². The number of ether oxygens (including phenoxy) is 1. The van der Waals surface area contributed by atoms with Crippen molar-refractivity contribution < 1.29 is 19.1 Å². The normalized spacial score (nSPS) is 22.8. The molecule has 4 amide bonds. The van der Waals surface area contributed by atoms with Crippen LogP contribution in [-0.2, 0) is 9.59 Å². The molecule has 0 bridgehead atoms. The first-order valence-electron chi connectivity index (χ1n) is 8.43. The van der Waals surface area contributed by atoms with Crippen molar-refractivity contribution in [2.75, 3.05) is 42.6 Å². The molecule has 8 nitrogen and oxygen atoms in total. The Labute approximate surface area is 145 Å². The fraction of sp³-hybridized carbons (Fsp3) is 0.471. The third kappa shape index (κ3) is 2.77. The fourth-order valence-corrected chi connectivity index (χ4v) is 3.62. The summed E-state index contributed by atoms with van der Waals surface area (Å²) in [5.41, 5.74) is 1.70. The smallest absolute Gasteiger partial charge is 0.328 e. The summed E-state index contributed by atoms with van der Waals surface area (Å²) in [6.45, 7) is 4.58. The third-order valence-corrected chi connectivity index (χ3v) is 4.98. The van der Waals surface area contributed by atoms with Crippen LogP contribution in [0.25, 0.3) is 0 Å². The van der Waals surface area contributed by atoms with Crippen LogP contribution < -0.4 is 19.9 Å². The number of piperazine rings is 1. The van der Waals surface area contributed by atoms with Crippen molar-refractivity contribution in [1.29, 1.82) is 0 Å². The van der Waals surface area contributed by atoms with Crippen LogP contribution in [0.4, 0.5) is 16.2 Å². The molecule has 0 radical (unpaired) electrons. The van der Waals surface area contributed by atoms with Crippen molar-refractivity contribution in [2.45, 2.75) is 19.4 Å². The molecule has 1 N–H and O–H groups in total. The highest BCUT2D eigenvalue weighted by Gasteiger charge is 2.34. The van der Waals surface area contributed by atoms with E-state index in [1.807, 2.05) is 23.1 Å². The molecule has 0 aliphatic carbocycles. The molecule has 25 heavy (non-hydrogen) atoms. The molecule has 1 aromatic rings. The molecule has 3 aliphatic heterocycles. The number of anilines is 2. The Hall–Kier alpha value is -2.77. The van der Waals surface area contributed by atoms with Gasteiger partial charge in [0, 0.05) is 51.3 Å². The number of rotatable bonds is 1. The number of amides is 4. The minimum absolute atomic E-state index is 0.0893. The van der Waals surface area contributed by atoms with Crippen LogP contribution in [0.15, 0.2) is 18.2 Å². The van der Waals surface area contributed by atoms with Crippen molar-refractivity contribution in [3.63, 3.8) is 0 Å². The predicted molar refractivity (Wildman–Crippen MR) is 90.8 cm³/mol. The van der Waals surface area contributed by atoms with Crippen LogP contribution in [0.1, 0.15) is 13.3 Å². The summed E-state index contributed by atoms with van der Waals surface area (Å²) in [6, 6.07) is 5.41. The van der Waals surface area contributed by atoms with E-state index in [4.69, 9.17) is 4.74 Å². The zero-order valence-corrected chi connectivity index (χ0v) is 14.0. The highest BCUT2D eigenvalue weighted by atomic mass is 16.5. The van der Waals surface area contributed by atoms with Gasteiger partial charge in [0.1, 0.15) is 12.4 Å². The molecule has 1 aromatic carbocycles. The number of urea groups is 1. The number of hydrogen-bond donors (Lipinski definition) is 1. The van der Waals surface area contributed by atoms with Crippen molar-refractivity contribution >= 4 is 29.2 Å². The molecule has 1 atom stereocenters. The summed E-state index contributed by atoms with van der Waals surface area (Å²) in [5.74, 6) is 0.572. The van der Waals surface area contributed by atoms with Crippen molar-refractivity contribution in [3.05, 3.63) is 18.2 Å². The van der Waals surface area contributed by atoms with Gasteiger partial charge in [-0.15, -0.1) is 0 Å². The van der Waals surface area contributed by atoms with E-state index in [-0.39, 0.29) is 17.9 Å². The summed E-state index contributed by atoms with van der Waals surface area (Å²) >= 11 is 0. The molecule has 0 saturated carbocycles. The van der Waals surface area contributed by atoms with Crippen molar-refractivity contribution in [1.82, 2.24) is 10.2 Å². The molecule has 2 fully saturated rings. The van der Waals surface area contributed by atoms with E-state index in [0.717, 1.165) is 18.0 Å². The molecule has 4 rings (SSSR count). The zero-order chi connectivity index (χ0) is 17.6. The number of carbonyl (C=O) groups is 3. The van der Waals surface area contributed by atoms with Crippen molar-refractivity contribution in [3.8, 4) is 5.75 Å². The summed E-state index contributed by atoms with van der Waals surface area (Å²) in [5, 5.41) is 2.33. The van der Waals surface area contributed by atoms with Crippen LogP contribution in [0.2, 0.25) is 0 Å². The largest absolute Gasteiger partial charge is 0.489 e. The first kappa shape index (κ1) is 15.7. The van der Waals surface area contributed by atoms with Crippen LogP contribution in [-0.4, -0.2) is 61.6 Å². The number of carbonyl (C=O) groups excluding carboxylic acids is 3. The number of nitrogens with zero attached hydrogens (tertiary/aromatic N) is 3. The van der Waals surface area contributed by atoms with Crippen LogP contribution in [0.5, 0.6) is 5.75 Å². The summed E-state index contributed by atoms with van der Waals surface area (Å²) in [7, 11) is 0. The second kappa shape index (κ2) is 5.94. The Morgan fingerprint density at radius 1 is 1.24 bits per heavy atom. The summed E-state index contributed by atoms with van der Waals surface area (Å²) < 4.78 is 5.90. The standard InChI is InChI=1S/C17H20N4O4/c1-11(22)19-6-7-20-13(9-19)10-25-15-8-12(2-3-14(15)20)21-5-4-16(23)18-17(21)24/h2-3,8,13H,4-7,9-10H2,1H3,(H,18,23,24)/t13-/m0/s1. The van der Waals surface area contributed by atoms with E-state index in [9.17, 15) is 14.4 Å². The Morgan fingerprint density at radius 2 is 2.08 bits per heavy atom. The van der Waals surface area contributed by atoms with Gasteiger partial charge < -0.3 is 14.5 Å². The number of imide groups is 1. The lowest BCUT2D eigenvalue weighted by atomic mass is 10.1. The summed E-state index contributed by atoms with van der Waals surface area (Å²) in [4.78, 5) is 40.6. The number of hydrogen-bond acceptors (Lipinski definition) is 5. The van der Waals surface area contributed by atoms with Crippen molar-refractivity contribution in [2.24, 2.45) is 0 Å². The Balaban J connectivity index is 1.56. The van der Waals surface area contributed by atoms with E-state index in [0.29, 0.717) is 38.3 Å². The molecule has 3 heterocycles. The topological polar surface area (TPSA) is 82.2 Å². The van der Waals surface area contributed by atoms with Gasteiger partial charge in [-0.25, -0.2) is 4.79 Å². The quantitative estimate of drug-likeness (QED) is 0.805. The molecular weight excluding hydrogens is 324 g/mol.